The summed E-state index contributed by atoms with van der Waals surface area (Å²) in [5.41, 5.74) is -0.897. The lowest BCUT2D eigenvalue weighted by molar-refractivity contribution is -0.159. The van der Waals surface area contributed by atoms with Gasteiger partial charge in [-0.3, -0.25) is 9.59 Å². The van der Waals surface area contributed by atoms with Crippen LogP contribution in [0.4, 0.5) is 5.69 Å². The third-order valence-corrected chi connectivity index (χ3v) is 4.72. The van der Waals surface area contributed by atoms with Crippen molar-refractivity contribution in [2.45, 2.75) is 57.7 Å². The molecule has 1 saturated heterocycles. The maximum atomic E-state index is 13.1. The molecule has 118 valence electrons. The van der Waals surface area contributed by atoms with Gasteiger partial charge in [-0.1, -0.05) is 12.1 Å². The molecular weight excluding hydrogens is 280 g/mol. The van der Waals surface area contributed by atoms with Gasteiger partial charge in [-0.05, 0) is 52.2 Å². The fourth-order valence-corrected chi connectivity index (χ4v) is 3.38. The van der Waals surface area contributed by atoms with Crippen LogP contribution in [0, 0.1) is 0 Å². The summed E-state index contributed by atoms with van der Waals surface area (Å²) in [7, 11) is 0. The largest absolute Gasteiger partial charge is 0.466 e. The molecule has 22 heavy (non-hydrogen) atoms. The van der Waals surface area contributed by atoms with Crippen molar-refractivity contribution in [3.63, 3.8) is 0 Å². The molecule has 0 spiro atoms. The number of fused-ring (bicyclic) bond motifs is 1. The number of carbonyl (C=O) groups is 2. The molecule has 5 nitrogen and oxygen atoms in total. The van der Waals surface area contributed by atoms with Crippen LogP contribution in [0.25, 0.3) is 0 Å². The van der Waals surface area contributed by atoms with Crippen LogP contribution in [0.2, 0.25) is 0 Å². The Labute approximate surface area is 130 Å². The average molecular weight is 302 g/mol. The predicted octanol–water partition coefficient (Wildman–Crippen LogP) is 2.57. The minimum Gasteiger partial charge on any atom is -0.466 e. The summed E-state index contributed by atoms with van der Waals surface area (Å²) in [4.78, 5) is 27.4. The van der Waals surface area contributed by atoms with Crippen molar-refractivity contribution in [2.75, 3.05) is 5.32 Å². The Balaban J connectivity index is 1.92. The lowest BCUT2D eigenvalue weighted by atomic mass is 9.92. The number of rotatable bonds is 1. The molecule has 0 aliphatic carbocycles. The molecule has 3 rings (SSSR count). The number of hydrogen-bond acceptors (Lipinski definition) is 3. The van der Waals surface area contributed by atoms with Crippen molar-refractivity contribution < 1.29 is 14.3 Å². The van der Waals surface area contributed by atoms with Gasteiger partial charge in [0.2, 0.25) is 0 Å². The van der Waals surface area contributed by atoms with Crippen LogP contribution in [0.3, 0.4) is 0 Å². The molecule has 2 heterocycles. The molecule has 5 heteroatoms. The van der Waals surface area contributed by atoms with Crippen molar-refractivity contribution >= 4 is 17.5 Å². The summed E-state index contributed by atoms with van der Waals surface area (Å²) in [6, 6.07) is 7.44. The lowest BCUT2D eigenvalue weighted by Gasteiger charge is -2.44. The number of carbonyl (C=O) groups excluding carboxylic acids is 2. The topological polar surface area (TPSA) is 58.6 Å². The number of anilines is 1. The van der Waals surface area contributed by atoms with Gasteiger partial charge in [-0.25, -0.2) is 0 Å². The fourth-order valence-electron chi connectivity index (χ4n) is 3.38. The Kier molecular flexibility index (Phi) is 3.59. The van der Waals surface area contributed by atoms with Gasteiger partial charge in [-0.2, -0.15) is 0 Å². The summed E-state index contributed by atoms with van der Waals surface area (Å²) in [5, 5.41) is 2.79. The van der Waals surface area contributed by atoms with Crippen molar-refractivity contribution in [3.05, 3.63) is 24.3 Å². The normalized spacial score (nSPS) is 31.0. The van der Waals surface area contributed by atoms with Gasteiger partial charge in [0, 0.05) is 12.1 Å². The molecule has 2 aliphatic heterocycles. The van der Waals surface area contributed by atoms with Crippen molar-refractivity contribution in [1.29, 1.82) is 0 Å². The van der Waals surface area contributed by atoms with E-state index in [1.54, 1.807) is 19.1 Å². The minimum absolute atomic E-state index is 0.127. The number of ether oxygens (including phenoxy) is 1. The highest BCUT2D eigenvalue weighted by atomic mass is 16.5. The molecule has 2 amide bonds. The number of amides is 2. The van der Waals surface area contributed by atoms with Crippen molar-refractivity contribution in [2.24, 2.45) is 0 Å². The van der Waals surface area contributed by atoms with Crippen LogP contribution in [-0.2, 0) is 9.59 Å². The number of piperidine rings is 1. The first-order valence-corrected chi connectivity index (χ1v) is 7.86. The molecule has 3 unspecified atom stereocenters. The van der Waals surface area contributed by atoms with Crippen LogP contribution in [0.15, 0.2) is 24.3 Å². The Morgan fingerprint density at radius 3 is 2.59 bits per heavy atom. The van der Waals surface area contributed by atoms with E-state index in [0.717, 1.165) is 19.3 Å². The first kappa shape index (κ1) is 14.9. The summed E-state index contributed by atoms with van der Waals surface area (Å²) in [6.45, 7) is 5.63. The fraction of sp³-hybridized carbons (Fsp3) is 0.529. The molecule has 1 aromatic rings. The van der Waals surface area contributed by atoms with Crippen LogP contribution in [0.1, 0.15) is 40.0 Å². The standard InChI is InChI=1S/C17H22N2O3/c1-11-7-6-8-12(2)19(11)16(21)17(3)15(20)18-13-9-4-5-10-14(13)22-17/h4-5,9-12H,6-8H2,1-3H3,(H,18,20). The third-order valence-electron chi connectivity index (χ3n) is 4.72. The highest BCUT2D eigenvalue weighted by molar-refractivity contribution is 6.15. The summed E-state index contributed by atoms with van der Waals surface area (Å²) >= 11 is 0. The number of likely N-dealkylation sites (tertiary alicyclic amines) is 1. The maximum Gasteiger partial charge on any atom is 0.278 e. The first-order valence-electron chi connectivity index (χ1n) is 7.86. The second-order valence-electron chi connectivity index (χ2n) is 6.43. The monoisotopic (exact) mass is 302 g/mol. The number of nitrogens with one attached hydrogen (secondary N) is 1. The molecule has 0 radical (unpaired) electrons. The summed E-state index contributed by atoms with van der Waals surface area (Å²) < 4.78 is 5.84. The van der Waals surface area contributed by atoms with E-state index in [4.69, 9.17) is 4.74 Å². The minimum atomic E-state index is -1.51. The van der Waals surface area contributed by atoms with Gasteiger partial charge < -0.3 is 15.0 Å². The Morgan fingerprint density at radius 1 is 1.27 bits per heavy atom. The van der Waals surface area contributed by atoms with Gasteiger partial charge in [0.05, 0.1) is 5.69 Å². The van der Waals surface area contributed by atoms with E-state index < -0.39 is 11.5 Å². The molecule has 1 fully saturated rings. The molecule has 1 aromatic carbocycles. The van der Waals surface area contributed by atoms with Crippen molar-refractivity contribution in [1.82, 2.24) is 4.90 Å². The van der Waals surface area contributed by atoms with E-state index in [-0.39, 0.29) is 18.0 Å². The molecular formula is C17H22N2O3. The highest BCUT2D eigenvalue weighted by Crippen LogP contribution is 2.35. The molecule has 3 atom stereocenters. The van der Waals surface area contributed by atoms with E-state index in [1.807, 2.05) is 30.9 Å². The van der Waals surface area contributed by atoms with Crippen LogP contribution < -0.4 is 10.1 Å². The van der Waals surface area contributed by atoms with Gasteiger partial charge in [0.25, 0.3) is 17.4 Å². The maximum absolute atomic E-state index is 13.1. The second kappa shape index (κ2) is 5.30. The zero-order chi connectivity index (χ0) is 15.9. The third kappa shape index (κ3) is 2.25. The van der Waals surface area contributed by atoms with Gasteiger partial charge >= 0.3 is 0 Å². The number of para-hydroxylation sites is 2. The highest BCUT2D eigenvalue weighted by Gasteiger charge is 2.51. The second-order valence-corrected chi connectivity index (χ2v) is 6.43. The van der Waals surface area contributed by atoms with Gasteiger partial charge in [0.1, 0.15) is 5.75 Å². The summed E-state index contributed by atoms with van der Waals surface area (Å²) in [6.07, 6.45) is 3.04. The average Bonchev–Trinajstić information content (AvgIpc) is 2.48. The molecule has 0 aromatic heterocycles. The number of benzene rings is 1. The zero-order valence-corrected chi connectivity index (χ0v) is 13.3. The zero-order valence-electron chi connectivity index (χ0n) is 13.3. The van der Waals surface area contributed by atoms with E-state index in [9.17, 15) is 9.59 Å². The van der Waals surface area contributed by atoms with E-state index in [1.165, 1.54) is 0 Å². The Hall–Kier alpha value is -2.04. The first-order chi connectivity index (χ1) is 10.4. The number of nitrogens with zero attached hydrogens (tertiary/aromatic N) is 1. The molecule has 1 N–H and O–H groups in total. The quantitative estimate of drug-likeness (QED) is 0.811. The summed E-state index contributed by atoms with van der Waals surface area (Å²) in [5.74, 6) is -0.115. The molecule has 0 saturated carbocycles. The molecule has 2 aliphatic rings. The van der Waals surface area contributed by atoms with Crippen LogP contribution in [0.5, 0.6) is 5.75 Å². The predicted molar refractivity (Wildman–Crippen MR) is 83.7 cm³/mol. The molecule has 0 bridgehead atoms. The lowest BCUT2D eigenvalue weighted by Crippen LogP contribution is -2.63. The Bertz CT molecular complexity index is 606. The van der Waals surface area contributed by atoms with E-state index in [0.29, 0.717) is 11.4 Å². The van der Waals surface area contributed by atoms with Crippen LogP contribution in [-0.4, -0.2) is 34.4 Å². The van der Waals surface area contributed by atoms with Crippen LogP contribution >= 0.6 is 0 Å². The SMILES string of the molecule is CC1CCCC(C)N1C(=O)C1(C)Oc2ccccc2NC1=O. The smallest absolute Gasteiger partial charge is 0.278 e. The van der Waals surface area contributed by atoms with Gasteiger partial charge in [0.15, 0.2) is 0 Å². The van der Waals surface area contributed by atoms with E-state index >= 15 is 0 Å². The van der Waals surface area contributed by atoms with E-state index in [2.05, 4.69) is 5.32 Å². The number of hydrogen-bond donors (Lipinski definition) is 1. The van der Waals surface area contributed by atoms with Gasteiger partial charge in [-0.15, -0.1) is 0 Å². The Morgan fingerprint density at radius 2 is 1.91 bits per heavy atom. The van der Waals surface area contributed by atoms with Crippen molar-refractivity contribution in [3.8, 4) is 5.75 Å².